The highest BCUT2D eigenvalue weighted by Crippen LogP contribution is 2.19. The molecular formula is C45H76N6O10S2. The van der Waals surface area contributed by atoms with E-state index in [1.165, 1.54) is 11.8 Å². The van der Waals surface area contributed by atoms with Crippen LogP contribution in [0.3, 0.4) is 0 Å². The first-order valence-electron chi connectivity index (χ1n) is 22.2. The fraction of sp³-hybridized carbons (Fsp3) is 0.711. The molecule has 0 spiro atoms. The van der Waals surface area contributed by atoms with E-state index in [-0.39, 0.29) is 48.3 Å². The molecular weight excluding hydrogens is 849 g/mol. The Hall–Kier alpha value is -3.55. The molecule has 0 aliphatic heterocycles. The summed E-state index contributed by atoms with van der Waals surface area (Å²) in [6.45, 7) is 14.5. The second-order valence-corrected chi connectivity index (χ2v) is 18.5. The molecule has 1 aromatic carbocycles. The predicted molar refractivity (Wildman–Crippen MR) is 250 cm³/mol. The van der Waals surface area contributed by atoms with Crippen LogP contribution < -0.4 is 31.9 Å². The first-order chi connectivity index (χ1) is 30.2. The Labute approximate surface area is 384 Å². The zero-order valence-corrected chi connectivity index (χ0v) is 40.3. The van der Waals surface area contributed by atoms with Crippen molar-refractivity contribution in [3.63, 3.8) is 0 Å². The van der Waals surface area contributed by atoms with Crippen LogP contribution in [0, 0.1) is 11.8 Å². The van der Waals surface area contributed by atoms with Gasteiger partial charge in [0, 0.05) is 68.6 Å². The summed E-state index contributed by atoms with van der Waals surface area (Å²) in [6.07, 6.45) is 4.63. The quantitative estimate of drug-likeness (QED) is 0.0415. The summed E-state index contributed by atoms with van der Waals surface area (Å²) < 4.78 is 16.7. The van der Waals surface area contributed by atoms with Gasteiger partial charge >= 0.3 is 0 Å². The van der Waals surface area contributed by atoms with Gasteiger partial charge < -0.3 is 55.7 Å². The maximum absolute atomic E-state index is 13.9. The highest BCUT2D eigenvalue weighted by Gasteiger charge is 2.32. The molecule has 16 nitrogen and oxygen atoms in total. The molecule has 0 aliphatic carbocycles. The summed E-state index contributed by atoms with van der Waals surface area (Å²) in [4.78, 5) is 85.9. The molecule has 6 N–H and O–H groups in total. The molecule has 0 aromatic heterocycles. The van der Waals surface area contributed by atoms with E-state index >= 15 is 0 Å². The molecule has 0 heterocycles. The topological polar surface area (TPSA) is 219 Å². The maximum atomic E-state index is 13.9. The number of amides is 5. The van der Waals surface area contributed by atoms with Gasteiger partial charge in [0.05, 0.1) is 38.0 Å². The van der Waals surface area contributed by atoms with Crippen molar-refractivity contribution in [3.05, 3.63) is 35.4 Å². The minimum absolute atomic E-state index is 0.147. The van der Waals surface area contributed by atoms with E-state index in [9.17, 15) is 33.6 Å². The minimum Gasteiger partial charge on any atom is -0.379 e. The Morgan fingerprint density at radius 2 is 1.35 bits per heavy atom. The van der Waals surface area contributed by atoms with E-state index in [1.54, 1.807) is 32.7 Å². The van der Waals surface area contributed by atoms with Gasteiger partial charge in [-0.15, -0.1) is 0 Å². The number of nitrogens with one attached hydrogen (secondary N) is 6. The Morgan fingerprint density at radius 1 is 0.746 bits per heavy atom. The van der Waals surface area contributed by atoms with Crippen LogP contribution in [0.2, 0.25) is 0 Å². The van der Waals surface area contributed by atoms with Gasteiger partial charge in [0.15, 0.2) is 0 Å². The van der Waals surface area contributed by atoms with Crippen LogP contribution in [0.15, 0.2) is 24.3 Å². The summed E-state index contributed by atoms with van der Waals surface area (Å²) in [6, 6.07) is 5.97. The smallest absolute Gasteiger partial charge is 0.243 e. The van der Waals surface area contributed by atoms with Gasteiger partial charge in [0.25, 0.3) is 0 Å². The van der Waals surface area contributed by atoms with Crippen LogP contribution >= 0.6 is 23.5 Å². The van der Waals surface area contributed by atoms with Crippen molar-refractivity contribution in [3.8, 4) is 0 Å². The number of benzene rings is 1. The number of carbonyl (C=O) groups excluding carboxylic acids is 7. The Balaban J connectivity index is 2.71. The number of ether oxygens (including phenoxy) is 3. The molecule has 0 saturated carbocycles. The van der Waals surface area contributed by atoms with Crippen molar-refractivity contribution in [1.82, 2.24) is 31.9 Å². The molecule has 1 aromatic rings. The van der Waals surface area contributed by atoms with E-state index in [0.29, 0.717) is 108 Å². The lowest BCUT2D eigenvalue weighted by Crippen LogP contribution is -2.58. The van der Waals surface area contributed by atoms with Crippen LogP contribution in [0.4, 0.5) is 0 Å². The average Bonchev–Trinajstić information content (AvgIpc) is 3.25. The summed E-state index contributed by atoms with van der Waals surface area (Å²) in [5, 5.41) is 17.4. The summed E-state index contributed by atoms with van der Waals surface area (Å²) in [5.41, 5.74) is 1.27. The van der Waals surface area contributed by atoms with Crippen molar-refractivity contribution < 1.29 is 47.8 Å². The van der Waals surface area contributed by atoms with Crippen molar-refractivity contribution >= 4 is 65.6 Å². The monoisotopic (exact) mass is 925 g/mol. The largest absolute Gasteiger partial charge is 0.379 e. The minimum atomic E-state index is -0.888. The van der Waals surface area contributed by atoms with Gasteiger partial charge in [0.1, 0.15) is 24.7 Å². The number of thioether (sulfide) groups is 2. The molecule has 358 valence electrons. The van der Waals surface area contributed by atoms with E-state index in [1.807, 2.05) is 45.9 Å². The molecule has 18 heteroatoms. The lowest BCUT2D eigenvalue weighted by molar-refractivity contribution is -0.133. The second kappa shape index (κ2) is 34.8. The number of hydrogen-bond acceptors (Lipinski definition) is 13. The third-order valence-electron chi connectivity index (χ3n) is 9.63. The summed E-state index contributed by atoms with van der Waals surface area (Å²) in [7, 11) is 1.73. The van der Waals surface area contributed by atoms with Crippen LogP contribution in [0.1, 0.15) is 97.6 Å². The molecule has 1 rings (SSSR count). The first-order valence-corrected chi connectivity index (χ1v) is 24.5. The number of carbonyl (C=O) groups is 7. The zero-order chi connectivity index (χ0) is 46.9. The van der Waals surface area contributed by atoms with Crippen LogP contribution in [-0.2, 0) is 59.3 Å². The lowest BCUT2D eigenvalue weighted by atomic mass is 9.96. The van der Waals surface area contributed by atoms with Gasteiger partial charge in [-0.05, 0) is 63.1 Å². The predicted octanol–water partition coefficient (Wildman–Crippen LogP) is 3.33. The average molecular weight is 925 g/mol. The molecule has 0 radical (unpaired) electrons. The molecule has 0 unspecified atom stereocenters. The van der Waals surface area contributed by atoms with E-state index in [0.717, 1.165) is 23.7 Å². The lowest BCUT2D eigenvalue weighted by Gasteiger charge is -2.28. The Morgan fingerprint density at radius 3 is 1.92 bits per heavy atom. The highest BCUT2D eigenvalue weighted by atomic mass is 32.2. The summed E-state index contributed by atoms with van der Waals surface area (Å²) >= 11 is 3.15. The van der Waals surface area contributed by atoms with Gasteiger partial charge in [-0.3, -0.25) is 24.0 Å². The molecule has 0 fully saturated rings. The van der Waals surface area contributed by atoms with Gasteiger partial charge in [-0.25, -0.2) is 0 Å². The number of rotatable bonds is 38. The van der Waals surface area contributed by atoms with E-state index in [4.69, 9.17) is 14.2 Å². The van der Waals surface area contributed by atoms with Gasteiger partial charge in [-0.2, -0.15) is 23.5 Å². The summed E-state index contributed by atoms with van der Waals surface area (Å²) in [5.74, 6) is 0.988. The molecule has 5 amide bonds. The number of hydrogen-bond donors (Lipinski definition) is 6. The third kappa shape index (κ3) is 28.1. The van der Waals surface area contributed by atoms with Crippen molar-refractivity contribution in [2.75, 3.05) is 71.3 Å². The Kier molecular flexibility index (Phi) is 31.7. The maximum Gasteiger partial charge on any atom is 0.243 e. The molecule has 4 atom stereocenters. The SMILES string of the molecule is CC[C@H](C)[C@H](NC(=O)[C@H](CC(C)C)NC)C(=O)N[C@@H](CSCc1cccc(CSCCC(=O)NC(C)(C)C=O)c1)C(=O)NCCCOCCOCCOCCCNC(=O)CCC=O. The Bertz CT molecular complexity index is 1500. The molecule has 0 aliphatic rings. The fourth-order valence-corrected chi connectivity index (χ4v) is 7.76. The zero-order valence-electron chi connectivity index (χ0n) is 38.7. The van der Waals surface area contributed by atoms with E-state index < -0.39 is 29.6 Å². The fourth-order valence-electron chi connectivity index (χ4n) is 5.87. The van der Waals surface area contributed by atoms with Crippen LogP contribution in [0.25, 0.3) is 0 Å². The van der Waals surface area contributed by atoms with Crippen molar-refractivity contribution in [2.24, 2.45) is 11.8 Å². The van der Waals surface area contributed by atoms with Gasteiger partial charge in [0.2, 0.25) is 29.5 Å². The third-order valence-corrected chi connectivity index (χ3v) is 11.8. The van der Waals surface area contributed by atoms with Crippen molar-refractivity contribution in [1.29, 1.82) is 0 Å². The number of likely N-dealkylation sites (N-methyl/N-ethyl adjacent to an activating group) is 1. The normalized spacial score (nSPS) is 13.3. The van der Waals surface area contributed by atoms with Gasteiger partial charge in [-0.1, -0.05) is 58.4 Å². The number of aldehydes is 2. The highest BCUT2D eigenvalue weighted by molar-refractivity contribution is 7.98. The first kappa shape index (κ1) is 57.5. The van der Waals surface area contributed by atoms with Crippen molar-refractivity contribution in [2.45, 2.75) is 122 Å². The molecule has 63 heavy (non-hydrogen) atoms. The second-order valence-electron chi connectivity index (χ2n) is 16.3. The van der Waals surface area contributed by atoms with E-state index in [2.05, 4.69) is 38.0 Å². The molecule has 0 saturated heterocycles. The standard InChI is InChI=1S/C45H76N6O10S2/c1-8-34(4)41(50-43(57)37(46-7)27-33(2)3)44(58)49-38(31-63-30-36-14-9-13-35(28-36)29-62-26-16-40(55)51-45(5,6)32-53)42(56)48-18-12-21-60-23-25-61-24-22-59-20-11-17-47-39(54)15-10-19-52/h9,13-14,19,28,32-34,37-38,41,46H,8,10-12,15-18,20-27,29-31H2,1-7H3,(H,47,54)(H,48,56)(H,49,58)(H,50,57)(H,51,55)/t34-,37-,38-,41-/m0/s1. The van der Waals surface area contributed by atoms with Crippen LogP contribution in [0.5, 0.6) is 0 Å². The molecule has 0 bridgehead atoms. The van der Waals surface area contributed by atoms with Crippen LogP contribution in [-0.4, -0.2) is 137 Å².